The number of nitrogens with one attached hydrogen (secondary N) is 1. The Kier molecular flexibility index (Phi) is 6.48. The SMILES string of the molecule is CSCCC(N)C(=O)NCc1ccc(Cn2ccnc2)cc1. The van der Waals surface area contributed by atoms with E-state index in [-0.39, 0.29) is 5.91 Å². The van der Waals surface area contributed by atoms with Gasteiger partial charge in [-0.05, 0) is 29.6 Å². The lowest BCUT2D eigenvalue weighted by Gasteiger charge is -2.12. The quantitative estimate of drug-likeness (QED) is 0.776. The zero-order valence-corrected chi connectivity index (χ0v) is 13.6. The molecule has 1 heterocycles. The summed E-state index contributed by atoms with van der Waals surface area (Å²) in [5, 5.41) is 2.88. The van der Waals surface area contributed by atoms with Crippen molar-refractivity contribution < 1.29 is 4.79 Å². The Morgan fingerprint density at radius 3 is 2.73 bits per heavy atom. The Labute approximate surface area is 135 Å². The second kappa shape index (κ2) is 8.60. The minimum Gasteiger partial charge on any atom is -0.351 e. The second-order valence-electron chi connectivity index (χ2n) is 5.16. The van der Waals surface area contributed by atoms with Crippen LogP contribution >= 0.6 is 11.8 Å². The Morgan fingerprint density at radius 2 is 2.09 bits per heavy atom. The van der Waals surface area contributed by atoms with Gasteiger partial charge in [0.05, 0.1) is 12.4 Å². The molecule has 3 N–H and O–H groups in total. The number of carbonyl (C=O) groups excluding carboxylic acids is 1. The average molecular weight is 318 g/mol. The molecule has 6 heteroatoms. The summed E-state index contributed by atoms with van der Waals surface area (Å²) >= 11 is 1.70. The molecule has 1 atom stereocenters. The maximum Gasteiger partial charge on any atom is 0.237 e. The van der Waals surface area contributed by atoms with Gasteiger partial charge in [-0.3, -0.25) is 4.79 Å². The maximum absolute atomic E-state index is 11.8. The number of nitrogens with two attached hydrogens (primary N) is 1. The molecule has 1 unspecified atom stereocenters. The largest absolute Gasteiger partial charge is 0.351 e. The molecule has 5 nitrogen and oxygen atoms in total. The van der Waals surface area contributed by atoms with Crippen molar-refractivity contribution in [2.75, 3.05) is 12.0 Å². The van der Waals surface area contributed by atoms with Crippen molar-refractivity contribution in [1.29, 1.82) is 0 Å². The van der Waals surface area contributed by atoms with E-state index in [1.54, 1.807) is 24.3 Å². The van der Waals surface area contributed by atoms with E-state index < -0.39 is 6.04 Å². The van der Waals surface area contributed by atoms with Crippen molar-refractivity contribution in [3.05, 3.63) is 54.1 Å². The maximum atomic E-state index is 11.8. The van der Waals surface area contributed by atoms with Gasteiger partial charge < -0.3 is 15.6 Å². The fraction of sp³-hybridized carbons (Fsp3) is 0.375. The molecule has 2 rings (SSSR count). The molecule has 0 aliphatic heterocycles. The standard InChI is InChI=1S/C16H22N4OS/c1-22-9-6-15(17)16(21)19-10-13-2-4-14(5-3-13)11-20-8-7-18-12-20/h2-5,7-8,12,15H,6,9-11,17H2,1H3,(H,19,21). The predicted octanol–water partition coefficient (Wildman–Crippen LogP) is 1.63. The van der Waals surface area contributed by atoms with Gasteiger partial charge in [-0.15, -0.1) is 0 Å². The summed E-state index contributed by atoms with van der Waals surface area (Å²) in [5.41, 5.74) is 8.10. The minimum absolute atomic E-state index is 0.0865. The Hall–Kier alpha value is -1.79. The van der Waals surface area contributed by atoms with E-state index in [4.69, 9.17) is 5.73 Å². The molecule has 0 spiro atoms. The van der Waals surface area contributed by atoms with Gasteiger partial charge in [0.15, 0.2) is 0 Å². The molecule has 0 radical (unpaired) electrons. The first-order chi connectivity index (χ1) is 10.7. The van der Waals surface area contributed by atoms with Gasteiger partial charge in [0.2, 0.25) is 5.91 Å². The summed E-state index contributed by atoms with van der Waals surface area (Å²) in [5.74, 6) is 0.814. The number of imidazole rings is 1. The van der Waals surface area contributed by atoms with Crippen molar-refractivity contribution in [2.45, 2.75) is 25.6 Å². The smallest absolute Gasteiger partial charge is 0.237 e. The monoisotopic (exact) mass is 318 g/mol. The number of aromatic nitrogens is 2. The molecular weight excluding hydrogens is 296 g/mol. The third kappa shape index (κ3) is 5.20. The predicted molar refractivity (Wildman–Crippen MR) is 90.6 cm³/mol. The van der Waals surface area contributed by atoms with Gasteiger partial charge in [0, 0.05) is 25.5 Å². The van der Waals surface area contributed by atoms with Gasteiger partial charge in [-0.25, -0.2) is 4.98 Å². The zero-order valence-electron chi connectivity index (χ0n) is 12.7. The van der Waals surface area contributed by atoms with Crippen LogP contribution in [0.5, 0.6) is 0 Å². The highest BCUT2D eigenvalue weighted by molar-refractivity contribution is 7.98. The van der Waals surface area contributed by atoms with Crippen LogP contribution in [0.4, 0.5) is 0 Å². The Bertz CT molecular complexity index is 568. The number of hydrogen-bond donors (Lipinski definition) is 2. The molecule has 0 bridgehead atoms. The van der Waals surface area contributed by atoms with E-state index >= 15 is 0 Å². The van der Waals surface area contributed by atoms with E-state index in [9.17, 15) is 4.79 Å². The number of nitrogens with zero attached hydrogens (tertiary/aromatic N) is 2. The summed E-state index contributed by atoms with van der Waals surface area (Å²) in [6.07, 6.45) is 8.21. The van der Waals surface area contributed by atoms with Gasteiger partial charge in [-0.2, -0.15) is 11.8 Å². The van der Waals surface area contributed by atoms with Crippen LogP contribution < -0.4 is 11.1 Å². The van der Waals surface area contributed by atoms with Crippen LogP contribution in [-0.2, 0) is 17.9 Å². The van der Waals surface area contributed by atoms with Crippen LogP contribution in [0.3, 0.4) is 0 Å². The summed E-state index contributed by atoms with van der Waals surface area (Å²) in [7, 11) is 0. The molecule has 1 aromatic heterocycles. The summed E-state index contributed by atoms with van der Waals surface area (Å²) < 4.78 is 2.02. The number of thioether (sulfide) groups is 1. The van der Waals surface area contributed by atoms with Gasteiger partial charge in [0.1, 0.15) is 0 Å². The van der Waals surface area contributed by atoms with E-state index in [1.807, 2.05) is 29.2 Å². The molecule has 118 valence electrons. The van der Waals surface area contributed by atoms with Crippen molar-refractivity contribution in [1.82, 2.24) is 14.9 Å². The summed E-state index contributed by atoms with van der Waals surface area (Å²) in [6.45, 7) is 1.31. The van der Waals surface area contributed by atoms with E-state index in [2.05, 4.69) is 22.4 Å². The van der Waals surface area contributed by atoms with Crippen LogP contribution in [0.2, 0.25) is 0 Å². The fourth-order valence-corrected chi connectivity index (χ4v) is 2.54. The van der Waals surface area contributed by atoms with Gasteiger partial charge in [0.25, 0.3) is 0 Å². The molecule has 1 amide bonds. The lowest BCUT2D eigenvalue weighted by molar-refractivity contribution is -0.122. The molecule has 2 aromatic rings. The van der Waals surface area contributed by atoms with Crippen LogP contribution in [-0.4, -0.2) is 33.5 Å². The molecule has 1 aromatic carbocycles. The van der Waals surface area contributed by atoms with Crippen LogP contribution in [0.15, 0.2) is 43.0 Å². The molecule has 0 aliphatic rings. The topological polar surface area (TPSA) is 72.9 Å². The summed E-state index contributed by atoms with van der Waals surface area (Å²) in [6, 6.07) is 7.76. The molecule has 0 saturated carbocycles. The zero-order chi connectivity index (χ0) is 15.8. The highest BCUT2D eigenvalue weighted by Gasteiger charge is 2.12. The van der Waals surface area contributed by atoms with Gasteiger partial charge in [-0.1, -0.05) is 24.3 Å². The lowest BCUT2D eigenvalue weighted by Crippen LogP contribution is -2.40. The molecule has 0 fully saturated rings. The Balaban J connectivity index is 1.80. The molecule has 22 heavy (non-hydrogen) atoms. The normalized spacial score (nSPS) is 12.1. The van der Waals surface area contributed by atoms with Crippen LogP contribution in [0, 0.1) is 0 Å². The molecular formula is C16H22N4OS. The van der Waals surface area contributed by atoms with Crippen molar-refractivity contribution in [3.8, 4) is 0 Å². The number of amides is 1. The first kappa shape index (κ1) is 16.6. The number of rotatable bonds is 8. The Morgan fingerprint density at radius 1 is 1.36 bits per heavy atom. The highest BCUT2D eigenvalue weighted by atomic mass is 32.2. The van der Waals surface area contributed by atoms with Crippen molar-refractivity contribution >= 4 is 17.7 Å². The van der Waals surface area contributed by atoms with Crippen molar-refractivity contribution in [3.63, 3.8) is 0 Å². The van der Waals surface area contributed by atoms with E-state index in [0.717, 1.165) is 17.9 Å². The third-order valence-electron chi connectivity index (χ3n) is 3.38. The van der Waals surface area contributed by atoms with Gasteiger partial charge >= 0.3 is 0 Å². The van der Waals surface area contributed by atoms with Crippen molar-refractivity contribution in [2.24, 2.45) is 5.73 Å². The lowest BCUT2D eigenvalue weighted by atomic mass is 10.1. The van der Waals surface area contributed by atoms with Crippen LogP contribution in [0.1, 0.15) is 17.5 Å². The average Bonchev–Trinajstić information content (AvgIpc) is 3.04. The molecule has 0 aliphatic carbocycles. The minimum atomic E-state index is -0.423. The fourth-order valence-electron chi connectivity index (χ4n) is 2.05. The third-order valence-corrected chi connectivity index (χ3v) is 4.03. The first-order valence-electron chi connectivity index (χ1n) is 7.25. The highest BCUT2D eigenvalue weighted by Crippen LogP contribution is 2.07. The summed E-state index contributed by atoms with van der Waals surface area (Å²) in [4.78, 5) is 15.9. The molecule has 0 saturated heterocycles. The first-order valence-corrected chi connectivity index (χ1v) is 8.64. The van der Waals surface area contributed by atoms with Crippen LogP contribution in [0.25, 0.3) is 0 Å². The number of benzene rings is 1. The van der Waals surface area contributed by atoms with E-state index in [1.165, 1.54) is 5.56 Å². The second-order valence-corrected chi connectivity index (χ2v) is 6.14. The number of hydrogen-bond acceptors (Lipinski definition) is 4. The van der Waals surface area contributed by atoms with E-state index in [0.29, 0.717) is 13.0 Å². The number of carbonyl (C=O) groups is 1.